The van der Waals surface area contributed by atoms with Gasteiger partial charge in [0.1, 0.15) is 10.7 Å². The summed E-state index contributed by atoms with van der Waals surface area (Å²) in [5.74, 6) is 0.365. The molecule has 0 radical (unpaired) electrons. The molecule has 1 aliphatic heterocycles. The number of aromatic nitrogens is 1. The summed E-state index contributed by atoms with van der Waals surface area (Å²) in [7, 11) is -1.92. The van der Waals surface area contributed by atoms with Crippen LogP contribution in [0.4, 0.5) is 5.82 Å². The predicted octanol–water partition coefficient (Wildman–Crippen LogP) is 1.31. The molecule has 20 heavy (non-hydrogen) atoms. The van der Waals surface area contributed by atoms with Crippen molar-refractivity contribution in [3.8, 4) is 0 Å². The van der Waals surface area contributed by atoms with Crippen molar-refractivity contribution in [2.45, 2.75) is 37.4 Å². The molecule has 1 fully saturated rings. The van der Waals surface area contributed by atoms with Crippen molar-refractivity contribution in [1.82, 2.24) is 9.29 Å². The van der Waals surface area contributed by atoms with Gasteiger partial charge in [0.15, 0.2) is 0 Å². The fourth-order valence-electron chi connectivity index (χ4n) is 2.50. The molecule has 0 bridgehead atoms. The number of sulfonamides is 1. The van der Waals surface area contributed by atoms with Crippen molar-refractivity contribution in [1.29, 1.82) is 0 Å². The van der Waals surface area contributed by atoms with Gasteiger partial charge < -0.3 is 10.1 Å². The lowest BCUT2D eigenvalue weighted by Gasteiger charge is -2.40. The van der Waals surface area contributed by atoms with Gasteiger partial charge in [0.25, 0.3) is 0 Å². The van der Waals surface area contributed by atoms with Gasteiger partial charge in [-0.3, -0.25) is 0 Å². The van der Waals surface area contributed by atoms with Crippen LogP contribution in [0.2, 0.25) is 0 Å². The summed E-state index contributed by atoms with van der Waals surface area (Å²) in [6.07, 6.45) is 1.43. The minimum absolute atomic E-state index is 0.136. The number of anilines is 1. The largest absolute Gasteiger partial charge is 0.372 e. The molecule has 0 aromatic carbocycles. The van der Waals surface area contributed by atoms with Crippen LogP contribution in [-0.4, -0.2) is 49.5 Å². The summed E-state index contributed by atoms with van der Waals surface area (Å²) in [6, 6.07) is 3.20. The van der Waals surface area contributed by atoms with Crippen molar-refractivity contribution in [3.05, 3.63) is 18.3 Å². The van der Waals surface area contributed by atoms with Gasteiger partial charge in [0.05, 0.1) is 11.7 Å². The van der Waals surface area contributed by atoms with Gasteiger partial charge in [-0.1, -0.05) is 0 Å². The Morgan fingerprint density at radius 3 is 2.80 bits per heavy atom. The van der Waals surface area contributed by atoms with Crippen molar-refractivity contribution in [2.75, 3.05) is 25.5 Å². The average molecular weight is 299 g/mol. The third-order valence-corrected chi connectivity index (χ3v) is 5.01. The molecule has 0 amide bonds. The Balaban J connectivity index is 2.39. The summed E-state index contributed by atoms with van der Waals surface area (Å²) in [5.41, 5.74) is -0.493. The second-order valence-electron chi connectivity index (χ2n) is 5.59. The number of nitrogens with zero attached hydrogens (tertiary/aromatic N) is 2. The van der Waals surface area contributed by atoms with Crippen LogP contribution < -0.4 is 5.32 Å². The molecule has 1 atom stereocenters. The Morgan fingerprint density at radius 1 is 1.50 bits per heavy atom. The number of morpholine rings is 1. The van der Waals surface area contributed by atoms with Crippen LogP contribution >= 0.6 is 0 Å². The summed E-state index contributed by atoms with van der Waals surface area (Å²) in [4.78, 5) is 4.27. The molecule has 0 aliphatic carbocycles. The highest BCUT2D eigenvalue weighted by atomic mass is 32.2. The second kappa shape index (κ2) is 5.31. The molecular weight excluding hydrogens is 278 g/mol. The van der Waals surface area contributed by atoms with E-state index in [-0.39, 0.29) is 11.0 Å². The normalized spacial score (nSPS) is 23.5. The van der Waals surface area contributed by atoms with Gasteiger partial charge in [-0.05, 0) is 32.9 Å². The fourth-order valence-corrected chi connectivity index (χ4v) is 4.32. The molecule has 1 aromatic heterocycles. The molecule has 1 unspecified atom stereocenters. The maximum absolute atomic E-state index is 12.8. The van der Waals surface area contributed by atoms with Crippen LogP contribution in [0, 0.1) is 0 Å². The van der Waals surface area contributed by atoms with E-state index >= 15 is 0 Å². The quantitative estimate of drug-likeness (QED) is 0.911. The summed E-state index contributed by atoms with van der Waals surface area (Å²) >= 11 is 0. The minimum Gasteiger partial charge on any atom is -0.372 e. The van der Waals surface area contributed by atoms with Crippen molar-refractivity contribution < 1.29 is 13.2 Å². The van der Waals surface area contributed by atoms with Gasteiger partial charge in [0.2, 0.25) is 10.0 Å². The predicted molar refractivity (Wildman–Crippen MR) is 77.2 cm³/mol. The van der Waals surface area contributed by atoms with E-state index in [0.717, 1.165) is 0 Å². The first-order valence-corrected chi connectivity index (χ1v) is 8.01. The van der Waals surface area contributed by atoms with E-state index in [9.17, 15) is 8.42 Å². The molecule has 1 saturated heterocycles. The SMILES string of the molecule is CNc1ncccc1S(=O)(=O)N1CC(C)OC(C)(C)C1. The molecule has 0 saturated carbocycles. The molecule has 0 spiro atoms. The van der Waals surface area contributed by atoms with E-state index in [1.54, 1.807) is 25.4 Å². The van der Waals surface area contributed by atoms with Gasteiger partial charge in [-0.2, -0.15) is 4.31 Å². The zero-order chi connectivity index (χ0) is 15.0. The molecule has 1 aromatic rings. The van der Waals surface area contributed by atoms with Crippen LogP contribution in [0.5, 0.6) is 0 Å². The van der Waals surface area contributed by atoms with Gasteiger partial charge in [-0.15, -0.1) is 0 Å². The molecule has 7 heteroatoms. The highest BCUT2D eigenvalue weighted by Gasteiger charge is 2.38. The molecule has 1 aliphatic rings. The highest BCUT2D eigenvalue weighted by molar-refractivity contribution is 7.89. The first kappa shape index (κ1) is 15.2. The van der Waals surface area contributed by atoms with Crippen LogP contribution in [0.15, 0.2) is 23.2 Å². The lowest BCUT2D eigenvalue weighted by atomic mass is 10.1. The van der Waals surface area contributed by atoms with Crippen LogP contribution in [-0.2, 0) is 14.8 Å². The zero-order valence-corrected chi connectivity index (χ0v) is 13.1. The van der Waals surface area contributed by atoms with Crippen LogP contribution in [0.1, 0.15) is 20.8 Å². The van der Waals surface area contributed by atoms with Gasteiger partial charge in [-0.25, -0.2) is 13.4 Å². The maximum Gasteiger partial charge on any atom is 0.246 e. The third kappa shape index (κ3) is 2.94. The number of ether oxygens (including phenoxy) is 1. The molecule has 6 nitrogen and oxygen atoms in total. The Kier molecular flexibility index (Phi) is 4.04. The van der Waals surface area contributed by atoms with Crippen molar-refractivity contribution in [2.24, 2.45) is 0 Å². The number of nitrogens with one attached hydrogen (secondary N) is 1. The standard InChI is InChI=1S/C13H21N3O3S/c1-10-8-16(9-13(2,3)19-10)20(17,18)11-6-5-7-15-12(11)14-4/h5-7,10H,8-9H2,1-4H3,(H,14,15). The van der Waals surface area contributed by atoms with Crippen molar-refractivity contribution in [3.63, 3.8) is 0 Å². The van der Waals surface area contributed by atoms with Crippen LogP contribution in [0.3, 0.4) is 0 Å². The molecule has 2 rings (SSSR count). The molecule has 1 N–H and O–H groups in total. The van der Waals surface area contributed by atoms with E-state index in [0.29, 0.717) is 18.9 Å². The minimum atomic E-state index is -3.58. The smallest absolute Gasteiger partial charge is 0.246 e. The number of hydrogen-bond donors (Lipinski definition) is 1. The van der Waals surface area contributed by atoms with E-state index in [1.165, 1.54) is 4.31 Å². The topological polar surface area (TPSA) is 71.5 Å². The summed E-state index contributed by atoms with van der Waals surface area (Å²) in [5, 5.41) is 2.82. The lowest BCUT2D eigenvalue weighted by molar-refractivity contribution is -0.109. The first-order chi connectivity index (χ1) is 9.26. The van der Waals surface area contributed by atoms with E-state index in [1.807, 2.05) is 20.8 Å². The Morgan fingerprint density at radius 2 is 2.20 bits per heavy atom. The highest BCUT2D eigenvalue weighted by Crippen LogP contribution is 2.28. The molecular formula is C13H21N3O3S. The fraction of sp³-hybridized carbons (Fsp3) is 0.615. The first-order valence-electron chi connectivity index (χ1n) is 6.57. The molecule has 2 heterocycles. The Bertz CT molecular complexity index is 586. The summed E-state index contributed by atoms with van der Waals surface area (Å²) in [6.45, 7) is 6.36. The Hall–Kier alpha value is -1.18. The number of rotatable bonds is 3. The van der Waals surface area contributed by atoms with E-state index in [4.69, 9.17) is 4.74 Å². The van der Waals surface area contributed by atoms with Crippen molar-refractivity contribution >= 4 is 15.8 Å². The Labute approximate surface area is 120 Å². The second-order valence-corrected chi connectivity index (χ2v) is 7.49. The number of pyridine rings is 1. The number of hydrogen-bond acceptors (Lipinski definition) is 5. The maximum atomic E-state index is 12.8. The molecule has 112 valence electrons. The monoisotopic (exact) mass is 299 g/mol. The van der Waals surface area contributed by atoms with Gasteiger partial charge in [0, 0.05) is 26.3 Å². The van der Waals surface area contributed by atoms with Crippen LogP contribution in [0.25, 0.3) is 0 Å². The van der Waals surface area contributed by atoms with Gasteiger partial charge >= 0.3 is 0 Å². The average Bonchev–Trinajstić information content (AvgIpc) is 2.36. The third-order valence-electron chi connectivity index (χ3n) is 3.16. The van der Waals surface area contributed by atoms with E-state index < -0.39 is 15.6 Å². The lowest BCUT2D eigenvalue weighted by Crippen LogP contribution is -2.53. The van der Waals surface area contributed by atoms with E-state index in [2.05, 4.69) is 10.3 Å². The zero-order valence-electron chi connectivity index (χ0n) is 12.3. The summed E-state index contributed by atoms with van der Waals surface area (Å²) < 4.78 is 32.8.